The minimum absolute atomic E-state index is 0. The van der Waals surface area contributed by atoms with Crippen LogP contribution in [-0.4, -0.2) is 60.6 Å². The van der Waals surface area contributed by atoms with Gasteiger partial charge in [-0.1, -0.05) is 0 Å². The average molecular weight is 100 g/mol. The molecule has 0 aliphatic carbocycles. The van der Waals surface area contributed by atoms with Crippen LogP contribution in [0.1, 0.15) is 0 Å². The summed E-state index contributed by atoms with van der Waals surface area (Å²) in [5.74, 6) is 0. The van der Waals surface area contributed by atoms with Gasteiger partial charge in [-0.2, -0.15) is 0 Å². The van der Waals surface area contributed by atoms with Crippen LogP contribution in [0.3, 0.4) is 0 Å². The molecule has 0 aromatic carbocycles. The van der Waals surface area contributed by atoms with Crippen LogP contribution in [0.25, 0.3) is 0 Å². The van der Waals surface area contributed by atoms with Crippen LogP contribution >= 0.6 is 0 Å². The summed E-state index contributed by atoms with van der Waals surface area (Å²) in [6.45, 7) is 0. The maximum absolute atomic E-state index is 0. The van der Waals surface area contributed by atoms with Gasteiger partial charge in [0.15, 0.2) is 0 Å². The van der Waals surface area contributed by atoms with Crippen LogP contribution in [-0.2, 0) is 5.48 Å². The summed E-state index contributed by atoms with van der Waals surface area (Å²) in [6, 6.07) is 0. The first kappa shape index (κ1) is 43.3. The molecule has 0 heterocycles. The molecular formula is HAlCaO2+2. The van der Waals surface area contributed by atoms with E-state index in [4.69, 9.17) is 0 Å². The predicted octanol–water partition coefficient (Wildman–Crippen LogP) is -1.06. The molecule has 0 aromatic heterocycles. The van der Waals surface area contributed by atoms with Gasteiger partial charge in [0.2, 0.25) is 0 Å². The molecule has 0 spiro atoms. The summed E-state index contributed by atoms with van der Waals surface area (Å²) < 4.78 is 0. The summed E-state index contributed by atoms with van der Waals surface area (Å²) in [4.78, 5) is 0. The Labute approximate surface area is 65.3 Å². The van der Waals surface area contributed by atoms with Crippen molar-refractivity contribution in [3.63, 3.8) is 0 Å². The molecular weight excluding hydrogens is 99.1 g/mol. The first-order chi connectivity index (χ1) is 0. The maximum Gasteiger partial charge on any atom is 3.00 e. The summed E-state index contributed by atoms with van der Waals surface area (Å²) >= 11 is 0. The van der Waals surface area contributed by atoms with Crippen LogP contribution in [0, 0.1) is 0 Å². The Morgan fingerprint density at radius 2 is 1.00 bits per heavy atom. The molecule has 0 atom stereocenters. The molecule has 0 fully saturated rings. The van der Waals surface area contributed by atoms with E-state index in [1.54, 1.807) is 0 Å². The molecule has 4 heavy (non-hydrogen) atoms. The number of rotatable bonds is 0. The van der Waals surface area contributed by atoms with Crippen molar-refractivity contribution in [2.24, 2.45) is 0 Å². The molecule has 0 aliphatic rings. The van der Waals surface area contributed by atoms with Gasteiger partial charge < -0.3 is 11.0 Å². The zero-order valence-electron chi connectivity index (χ0n) is 2.14. The van der Waals surface area contributed by atoms with E-state index in [1.165, 1.54) is 0 Å². The number of hydrogen-bond acceptors (Lipinski definition) is 1. The third-order valence-electron chi connectivity index (χ3n) is 0. The first-order valence-electron chi connectivity index (χ1n) is 0. The summed E-state index contributed by atoms with van der Waals surface area (Å²) in [5.41, 5.74) is 0. The molecule has 0 bridgehead atoms. The van der Waals surface area contributed by atoms with E-state index in [0.29, 0.717) is 0 Å². The molecule has 2 nitrogen and oxygen atoms in total. The van der Waals surface area contributed by atoms with Gasteiger partial charge >= 0.3 is 55.1 Å². The Morgan fingerprint density at radius 3 is 1.00 bits per heavy atom. The van der Waals surface area contributed by atoms with Crippen LogP contribution in [0.5, 0.6) is 0 Å². The van der Waals surface area contributed by atoms with E-state index in [0.717, 1.165) is 0 Å². The Bertz CT molecular complexity index is 6.00. The molecule has 0 amide bonds. The second kappa shape index (κ2) is 22.2. The van der Waals surface area contributed by atoms with Crippen molar-refractivity contribution in [3.8, 4) is 0 Å². The fourth-order valence-electron chi connectivity index (χ4n) is 0. The normalized spacial score (nSPS) is 0. The smallest absolute Gasteiger partial charge is 2.00 e. The topological polar surface area (TPSA) is 58.5 Å². The third-order valence-corrected chi connectivity index (χ3v) is 0. The first-order valence-corrected chi connectivity index (χ1v) is 0. The van der Waals surface area contributed by atoms with Crippen LogP contribution in [0.4, 0.5) is 0 Å². The molecule has 0 aliphatic heterocycles. The molecule has 4 heteroatoms. The van der Waals surface area contributed by atoms with Crippen molar-refractivity contribution in [2.75, 3.05) is 0 Å². The second-order valence-electron chi connectivity index (χ2n) is 0. The van der Waals surface area contributed by atoms with E-state index >= 15 is 0 Å². The fourth-order valence-corrected chi connectivity index (χ4v) is 0. The van der Waals surface area contributed by atoms with Crippen LogP contribution in [0.15, 0.2) is 0 Å². The van der Waals surface area contributed by atoms with Crippen molar-refractivity contribution in [3.05, 3.63) is 0 Å². The Kier molecular flexibility index (Phi) is 240. The van der Waals surface area contributed by atoms with E-state index in [-0.39, 0.29) is 66.1 Å². The molecule has 0 saturated heterocycles. The SMILES string of the molecule is [Al+3].[Ca+2].[O-2].[OH-]. The average Bonchev–Trinajstić information content (AvgIpc) is 0. The van der Waals surface area contributed by atoms with Gasteiger partial charge in [-0.15, -0.1) is 0 Å². The van der Waals surface area contributed by atoms with Gasteiger partial charge in [0, 0.05) is 0 Å². The summed E-state index contributed by atoms with van der Waals surface area (Å²) in [7, 11) is 0. The van der Waals surface area contributed by atoms with E-state index in [9.17, 15) is 0 Å². The van der Waals surface area contributed by atoms with Crippen LogP contribution < -0.4 is 0 Å². The van der Waals surface area contributed by atoms with Crippen molar-refractivity contribution in [1.29, 1.82) is 0 Å². The molecule has 16 valence electrons. The van der Waals surface area contributed by atoms with Crippen molar-refractivity contribution in [2.45, 2.75) is 0 Å². The second-order valence-corrected chi connectivity index (χ2v) is 0. The van der Waals surface area contributed by atoms with Gasteiger partial charge in [0.25, 0.3) is 0 Å². The van der Waals surface area contributed by atoms with Crippen molar-refractivity contribution >= 4 is 55.1 Å². The fraction of sp³-hybridized carbons (Fsp3) is 0. The molecule has 1 N–H and O–H groups in total. The monoisotopic (exact) mass is 99.9 g/mol. The van der Waals surface area contributed by atoms with E-state index < -0.39 is 0 Å². The minimum atomic E-state index is 0. The molecule has 0 aromatic rings. The Morgan fingerprint density at radius 1 is 1.00 bits per heavy atom. The zero-order valence-corrected chi connectivity index (χ0v) is 5.50. The van der Waals surface area contributed by atoms with E-state index in [2.05, 4.69) is 0 Å². The molecule has 0 rings (SSSR count). The van der Waals surface area contributed by atoms with Crippen molar-refractivity contribution < 1.29 is 11.0 Å². The number of hydrogen-bond donors (Lipinski definition) is 0. The Hall–Kier alpha value is 1.71. The largest absolute Gasteiger partial charge is 3.00 e. The quantitative estimate of drug-likeness (QED) is 0.358. The minimum Gasteiger partial charge on any atom is -2.00 e. The van der Waals surface area contributed by atoms with E-state index in [1.807, 2.05) is 0 Å². The predicted molar refractivity (Wildman–Crippen MR) is 14.1 cm³/mol. The van der Waals surface area contributed by atoms with Gasteiger partial charge in [-0.3, -0.25) is 0 Å². The van der Waals surface area contributed by atoms with Gasteiger partial charge in [-0.25, -0.2) is 0 Å². The molecule has 0 saturated carbocycles. The summed E-state index contributed by atoms with van der Waals surface area (Å²) in [6.07, 6.45) is 0. The molecule has 0 radical (unpaired) electrons. The molecule has 0 unspecified atom stereocenters. The van der Waals surface area contributed by atoms with Crippen LogP contribution in [0.2, 0.25) is 0 Å². The zero-order chi connectivity index (χ0) is 0. The maximum atomic E-state index is 0. The third kappa shape index (κ3) is 9.31. The van der Waals surface area contributed by atoms with Crippen molar-refractivity contribution in [1.82, 2.24) is 0 Å². The Balaban J connectivity index is 0. The summed E-state index contributed by atoms with van der Waals surface area (Å²) in [5, 5.41) is 0. The van der Waals surface area contributed by atoms with Gasteiger partial charge in [0.1, 0.15) is 0 Å². The van der Waals surface area contributed by atoms with Gasteiger partial charge in [-0.05, 0) is 0 Å². The standard InChI is InChI=1S/Al.Ca.H2O.O/h;;1H2;/q+3;+2;;-2/p-1. The van der Waals surface area contributed by atoms with Gasteiger partial charge in [0.05, 0.1) is 0 Å².